The minimum atomic E-state index is -2.41. The summed E-state index contributed by atoms with van der Waals surface area (Å²) in [5, 5.41) is 4.75. The Bertz CT molecular complexity index is 1320. The Kier molecular flexibility index (Phi) is 8.85. The van der Waals surface area contributed by atoms with Crippen LogP contribution in [0.3, 0.4) is 0 Å². The third-order valence-corrected chi connectivity index (χ3v) is 6.83. The number of benzene rings is 1. The van der Waals surface area contributed by atoms with Crippen LogP contribution >= 0.6 is 0 Å². The number of ether oxygens (including phenoxy) is 1. The van der Waals surface area contributed by atoms with E-state index in [1.54, 1.807) is 12.4 Å². The summed E-state index contributed by atoms with van der Waals surface area (Å²) in [7, 11) is 0. The van der Waals surface area contributed by atoms with Crippen molar-refractivity contribution in [1.29, 1.82) is 0 Å². The highest BCUT2D eigenvalue weighted by Crippen LogP contribution is 2.29. The van der Waals surface area contributed by atoms with Crippen molar-refractivity contribution in [3.05, 3.63) is 78.6 Å². The molecule has 1 aliphatic rings. The summed E-state index contributed by atoms with van der Waals surface area (Å²) >= 11 is 0. The molecule has 4 heterocycles. The molecule has 8 nitrogen and oxygen atoms in total. The van der Waals surface area contributed by atoms with Crippen molar-refractivity contribution in [3.63, 3.8) is 0 Å². The van der Waals surface area contributed by atoms with Gasteiger partial charge in [-0.3, -0.25) is 14.6 Å². The first kappa shape index (κ1) is 26.8. The van der Waals surface area contributed by atoms with E-state index in [1.165, 1.54) is 5.69 Å². The Morgan fingerprint density at radius 2 is 1.82 bits per heavy atom. The van der Waals surface area contributed by atoms with E-state index in [-0.39, 0.29) is 0 Å². The van der Waals surface area contributed by atoms with Crippen molar-refractivity contribution in [2.75, 3.05) is 50.8 Å². The van der Waals surface area contributed by atoms with Crippen LogP contribution in [0.4, 0.5) is 14.5 Å². The maximum Gasteiger partial charge on any atom is 0.261 e. The Hall–Kier alpha value is -3.76. The van der Waals surface area contributed by atoms with Gasteiger partial charge in [-0.2, -0.15) is 5.10 Å². The maximum atomic E-state index is 12.2. The molecule has 4 aromatic rings. The average molecular weight is 534 g/mol. The molecular weight excluding hydrogens is 500 g/mol. The monoisotopic (exact) mass is 533 g/mol. The number of rotatable bonds is 11. The van der Waals surface area contributed by atoms with Crippen LogP contribution in [0, 0.1) is 0 Å². The molecule has 1 aliphatic heterocycles. The smallest absolute Gasteiger partial charge is 0.261 e. The van der Waals surface area contributed by atoms with Gasteiger partial charge < -0.3 is 9.64 Å². The van der Waals surface area contributed by atoms with E-state index in [9.17, 15) is 8.78 Å². The second kappa shape index (κ2) is 12.9. The highest BCUT2D eigenvalue weighted by atomic mass is 19.3. The Balaban J connectivity index is 1.21. The van der Waals surface area contributed by atoms with Gasteiger partial charge in [-0.15, -0.1) is 0 Å². The molecule has 1 saturated heterocycles. The molecule has 204 valence electrons. The van der Waals surface area contributed by atoms with Gasteiger partial charge in [0.15, 0.2) is 0 Å². The molecule has 10 heteroatoms. The molecule has 0 bridgehead atoms. The first-order valence-electron chi connectivity index (χ1n) is 13.3. The van der Waals surface area contributed by atoms with Crippen molar-refractivity contribution in [3.8, 4) is 22.5 Å². The largest absolute Gasteiger partial charge is 0.374 e. The fourth-order valence-electron chi connectivity index (χ4n) is 4.72. The fraction of sp³-hybridized carbons (Fsp3) is 0.379. The molecule has 0 atom stereocenters. The SMILES string of the molecule is CCn1cc(-c2ccnc(Cc3ccc(N4CCN(CCOCC(F)F)CC4)cc3)n2)c(-c2cccnc2)n1. The number of piperazine rings is 1. The van der Waals surface area contributed by atoms with Crippen molar-refractivity contribution in [2.45, 2.75) is 26.3 Å². The Morgan fingerprint density at radius 1 is 1.00 bits per heavy atom. The van der Waals surface area contributed by atoms with Gasteiger partial charge in [0, 0.05) is 87.3 Å². The van der Waals surface area contributed by atoms with Crippen molar-refractivity contribution in [1.82, 2.24) is 29.6 Å². The molecule has 1 aromatic carbocycles. The van der Waals surface area contributed by atoms with E-state index >= 15 is 0 Å². The van der Waals surface area contributed by atoms with Crippen LogP contribution in [0.2, 0.25) is 0 Å². The molecule has 3 aromatic heterocycles. The van der Waals surface area contributed by atoms with Gasteiger partial charge in [0.05, 0.1) is 12.3 Å². The Labute approximate surface area is 227 Å². The van der Waals surface area contributed by atoms with Crippen molar-refractivity contribution in [2.24, 2.45) is 0 Å². The molecule has 39 heavy (non-hydrogen) atoms. The van der Waals surface area contributed by atoms with Gasteiger partial charge in [0.2, 0.25) is 0 Å². The standard InChI is InChI=1S/C29H33F2N7O/c1-2-38-20-25(29(35-38)23-4-3-10-32-19-23)26-9-11-33-28(34-26)18-22-5-7-24(8-6-22)37-14-12-36(13-15-37)16-17-39-21-27(30)31/h3-11,19-20,27H,2,12-18,21H2,1H3. The van der Waals surface area contributed by atoms with Crippen LogP contribution < -0.4 is 4.90 Å². The number of halogens is 2. The zero-order chi connectivity index (χ0) is 27.0. The lowest BCUT2D eigenvalue weighted by Crippen LogP contribution is -2.47. The summed E-state index contributed by atoms with van der Waals surface area (Å²) in [5.74, 6) is 0.754. The summed E-state index contributed by atoms with van der Waals surface area (Å²) in [5.41, 5.74) is 5.94. The molecule has 0 saturated carbocycles. The quantitative estimate of drug-likeness (QED) is 0.264. The third kappa shape index (κ3) is 7.01. The topological polar surface area (TPSA) is 72.2 Å². The van der Waals surface area contributed by atoms with E-state index in [1.807, 2.05) is 35.3 Å². The van der Waals surface area contributed by atoms with Gasteiger partial charge >= 0.3 is 0 Å². The maximum absolute atomic E-state index is 12.2. The Morgan fingerprint density at radius 3 is 2.54 bits per heavy atom. The van der Waals surface area contributed by atoms with E-state index in [0.29, 0.717) is 19.6 Å². The summed E-state index contributed by atoms with van der Waals surface area (Å²) in [6.07, 6.45) is 5.63. The normalized spacial score (nSPS) is 14.3. The predicted octanol–water partition coefficient (Wildman–Crippen LogP) is 4.42. The number of nitrogens with zero attached hydrogens (tertiary/aromatic N) is 7. The molecule has 0 aliphatic carbocycles. The second-order valence-electron chi connectivity index (χ2n) is 9.48. The van der Waals surface area contributed by atoms with Gasteiger partial charge in [0.25, 0.3) is 6.43 Å². The molecule has 0 amide bonds. The molecule has 1 fully saturated rings. The lowest BCUT2D eigenvalue weighted by atomic mass is 10.1. The van der Waals surface area contributed by atoms with Crippen LogP contribution in [0.15, 0.2) is 67.3 Å². The van der Waals surface area contributed by atoms with Crippen LogP contribution in [-0.4, -0.2) is 82.0 Å². The van der Waals surface area contributed by atoms with Gasteiger partial charge in [-0.05, 0) is 42.8 Å². The first-order chi connectivity index (χ1) is 19.1. The minimum Gasteiger partial charge on any atom is -0.374 e. The first-order valence-corrected chi connectivity index (χ1v) is 13.3. The van der Waals surface area contributed by atoms with Crippen LogP contribution in [0.5, 0.6) is 0 Å². The molecule has 0 N–H and O–H groups in total. The van der Waals surface area contributed by atoms with Crippen LogP contribution in [0.25, 0.3) is 22.5 Å². The molecule has 0 spiro atoms. The highest BCUT2D eigenvalue weighted by Gasteiger charge is 2.18. The number of alkyl halides is 2. The van der Waals surface area contributed by atoms with Gasteiger partial charge in [0.1, 0.15) is 18.1 Å². The van der Waals surface area contributed by atoms with Crippen molar-refractivity contribution >= 4 is 5.69 Å². The summed E-state index contributed by atoms with van der Waals surface area (Å²) in [6.45, 7) is 6.92. The molecule has 0 radical (unpaired) electrons. The molecular formula is C29H33F2N7O. The molecule has 5 rings (SSSR count). The zero-order valence-electron chi connectivity index (χ0n) is 22.1. The number of anilines is 1. The number of aromatic nitrogens is 5. The number of hydrogen-bond acceptors (Lipinski definition) is 7. The second-order valence-corrected chi connectivity index (χ2v) is 9.48. The summed E-state index contributed by atoms with van der Waals surface area (Å²) in [6, 6.07) is 14.4. The molecule has 0 unspecified atom stereocenters. The summed E-state index contributed by atoms with van der Waals surface area (Å²) in [4.78, 5) is 18.3. The number of aryl methyl sites for hydroxylation is 1. The van der Waals surface area contributed by atoms with E-state index in [0.717, 1.165) is 66.6 Å². The minimum absolute atomic E-state index is 0.341. The number of pyridine rings is 1. The van der Waals surface area contributed by atoms with Crippen LogP contribution in [0.1, 0.15) is 18.3 Å². The predicted molar refractivity (Wildman–Crippen MR) is 147 cm³/mol. The van der Waals surface area contributed by atoms with Gasteiger partial charge in [-0.25, -0.2) is 18.7 Å². The van der Waals surface area contributed by atoms with Crippen LogP contribution in [-0.2, 0) is 17.7 Å². The van der Waals surface area contributed by atoms with Crippen molar-refractivity contribution < 1.29 is 13.5 Å². The third-order valence-electron chi connectivity index (χ3n) is 6.83. The average Bonchev–Trinajstić information content (AvgIpc) is 3.42. The van der Waals surface area contributed by atoms with E-state index in [2.05, 4.69) is 51.0 Å². The lowest BCUT2D eigenvalue weighted by molar-refractivity contribution is 0.00939. The number of hydrogen-bond donors (Lipinski definition) is 0. The van der Waals surface area contributed by atoms with Gasteiger partial charge in [-0.1, -0.05) is 12.1 Å². The van der Waals surface area contributed by atoms with E-state index in [4.69, 9.17) is 14.8 Å². The fourth-order valence-corrected chi connectivity index (χ4v) is 4.72. The summed E-state index contributed by atoms with van der Waals surface area (Å²) < 4.78 is 31.3. The lowest BCUT2D eigenvalue weighted by Gasteiger charge is -2.36. The zero-order valence-corrected chi connectivity index (χ0v) is 22.1. The highest BCUT2D eigenvalue weighted by molar-refractivity contribution is 5.78. The van der Waals surface area contributed by atoms with E-state index < -0.39 is 13.0 Å².